The molecule has 0 aliphatic rings. The number of anilines is 1. The number of rotatable bonds is 1. The van der Waals surface area contributed by atoms with Crippen LogP contribution >= 0.6 is 0 Å². The molecular formula is C6H5FN2O2. The Morgan fingerprint density at radius 2 is 2.36 bits per heavy atom. The van der Waals surface area contributed by atoms with E-state index in [9.17, 15) is 9.18 Å². The number of hydrogen-bond donors (Lipinski definition) is 2. The molecule has 1 heterocycles. The molecule has 0 unspecified atom stereocenters. The zero-order chi connectivity index (χ0) is 8.43. The predicted molar refractivity (Wildman–Crippen MR) is 35.6 cm³/mol. The van der Waals surface area contributed by atoms with Crippen molar-refractivity contribution in [1.82, 2.24) is 4.98 Å². The number of hydrogen-bond acceptors (Lipinski definition) is 3. The summed E-state index contributed by atoms with van der Waals surface area (Å²) in [4.78, 5) is 13.6. The van der Waals surface area contributed by atoms with Gasteiger partial charge in [-0.25, -0.2) is 14.2 Å². The molecule has 5 heteroatoms. The summed E-state index contributed by atoms with van der Waals surface area (Å²) in [6.45, 7) is 0. The van der Waals surface area contributed by atoms with Crippen LogP contribution in [0.1, 0.15) is 10.5 Å². The fourth-order valence-corrected chi connectivity index (χ4v) is 0.558. The average molecular weight is 156 g/mol. The van der Waals surface area contributed by atoms with Crippen LogP contribution in [0.15, 0.2) is 12.3 Å². The molecule has 0 amide bonds. The first-order valence-electron chi connectivity index (χ1n) is 2.75. The summed E-state index contributed by atoms with van der Waals surface area (Å²) in [6, 6.07) is 0.775. The Morgan fingerprint density at radius 3 is 2.82 bits per heavy atom. The quantitative estimate of drug-likeness (QED) is 0.620. The van der Waals surface area contributed by atoms with Crippen molar-refractivity contribution in [3.8, 4) is 0 Å². The molecule has 0 aliphatic carbocycles. The van der Waals surface area contributed by atoms with E-state index in [0.717, 1.165) is 12.3 Å². The maximum Gasteiger partial charge on any atom is 0.354 e. The lowest BCUT2D eigenvalue weighted by Gasteiger charge is -1.95. The van der Waals surface area contributed by atoms with Crippen molar-refractivity contribution in [2.75, 3.05) is 5.73 Å². The van der Waals surface area contributed by atoms with Crippen LogP contribution in [0.5, 0.6) is 0 Å². The van der Waals surface area contributed by atoms with Crippen molar-refractivity contribution in [3.63, 3.8) is 0 Å². The van der Waals surface area contributed by atoms with E-state index >= 15 is 0 Å². The van der Waals surface area contributed by atoms with E-state index in [1.165, 1.54) is 0 Å². The van der Waals surface area contributed by atoms with Gasteiger partial charge in [0.2, 0.25) is 0 Å². The van der Waals surface area contributed by atoms with Gasteiger partial charge < -0.3 is 10.8 Å². The zero-order valence-corrected chi connectivity index (χ0v) is 5.41. The molecule has 0 spiro atoms. The number of carboxylic acid groups (broad SMARTS) is 1. The minimum Gasteiger partial charge on any atom is -0.477 e. The molecule has 4 nitrogen and oxygen atoms in total. The van der Waals surface area contributed by atoms with Crippen LogP contribution in [0, 0.1) is 5.82 Å². The fourth-order valence-electron chi connectivity index (χ4n) is 0.558. The third-order valence-electron chi connectivity index (χ3n) is 1.10. The number of nitrogen functional groups attached to an aromatic ring is 1. The molecule has 11 heavy (non-hydrogen) atoms. The van der Waals surface area contributed by atoms with Crippen LogP contribution in [-0.4, -0.2) is 16.1 Å². The average Bonchev–Trinajstić information content (AvgIpc) is 1.94. The third kappa shape index (κ3) is 1.43. The Balaban J connectivity index is 3.15. The molecule has 0 radical (unpaired) electrons. The van der Waals surface area contributed by atoms with E-state index in [1.54, 1.807) is 0 Å². The number of carbonyl (C=O) groups is 1. The summed E-state index contributed by atoms with van der Waals surface area (Å²) in [5.41, 5.74) is 4.55. The first kappa shape index (κ1) is 7.46. The maximum atomic E-state index is 12.5. The summed E-state index contributed by atoms with van der Waals surface area (Å²) in [5, 5.41) is 8.33. The number of pyridine rings is 1. The molecule has 58 valence electrons. The molecule has 0 fully saturated rings. The Bertz CT molecular complexity index is 301. The highest BCUT2D eigenvalue weighted by molar-refractivity contribution is 5.85. The monoisotopic (exact) mass is 156 g/mol. The lowest BCUT2D eigenvalue weighted by atomic mass is 10.3. The number of aromatic nitrogens is 1. The summed E-state index contributed by atoms with van der Waals surface area (Å²) < 4.78 is 12.5. The van der Waals surface area contributed by atoms with Gasteiger partial charge in [0.15, 0.2) is 5.69 Å². The van der Waals surface area contributed by atoms with Crippen LogP contribution < -0.4 is 5.73 Å². The Hall–Kier alpha value is -1.65. The molecule has 1 aromatic rings. The number of aromatic carboxylic acids is 1. The van der Waals surface area contributed by atoms with Crippen LogP contribution in [0.4, 0.5) is 10.1 Å². The van der Waals surface area contributed by atoms with Gasteiger partial charge in [0.05, 0.1) is 11.9 Å². The molecule has 1 aromatic heterocycles. The SMILES string of the molecule is Nc1cnc(C(=O)O)cc1F. The van der Waals surface area contributed by atoms with E-state index in [2.05, 4.69) is 4.98 Å². The number of nitrogens with two attached hydrogens (primary N) is 1. The minimum absolute atomic E-state index is 0.157. The van der Waals surface area contributed by atoms with Crippen molar-refractivity contribution in [1.29, 1.82) is 0 Å². The Labute approximate surface area is 61.5 Å². The van der Waals surface area contributed by atoms with Crippen LogP contribution in [0.3, 0.4) is 0 Å². The van der Waals surface area contributed by atoms with Gasteiger partial charge in [-0.1, -0.05) is 0 Å². The molecule has 3 N–H and O–H groups in total. The molecular weight excluding hydrogens is 151 g/mol. The number of nitrogens with zero attached hydrogens (tertiary/aromatic N) is 1. The van der Waals surface area contributed by atoms with E-state index < -0.39 is 11.8 Å². The van der Waals surface area contributed by atoms with Crippen LogP contribution in [-0.2, 0) is 0 Å². The molecule has 0 saturated carbocycles. The molecule has 0 atom stereocenters. The van der Waals surface area contributed by atoms with Gasteiger partial charge in [0.25, 0.3) is 0 Å². The fraction of sp³-hybridized carbons (Fsp3) is 0. The molecule has 0 saturated heterocycles. The van der Waals surface area contributed by atoms with Crippen LogP contribution in [0.25, 0.3) is 0 Å². The van der Waals surface area contributed by atoms with E-state index in [4.69, 9.17) is 10.8 Å². The smallest absolute Gasteiger partial charge is 0.354 e. The van der Waals surface area contributed by atoms with Crippen molar-refractivity contribution < 1.29 is 14.3 Å². The van der Waals surface area contributed by atoms with Crippen molar-refractivity contribution in [2.45, 2.75) is 0 Å². The van der Waals surface area contributed by atoms with Crippen molar-refractivity contribution in [3.05, 3.63) is 23.8 Å². The lowest BCUT2D eigenvalue weighted by molar-refractivity contribution is 0.0690. The standard InChI is InChI=1S/C6H5FN2O2/c7-3-1-5(6(10)11)9-2-4(3)8/h1-2H,8H2,(H,10,11). The first-order valence-corrected chi connectivity index (χ1v) is 2.75. The van der Waals surface area contributed by atoms with Gasteiger partial charge in [-0.2, -0.15) is 0 Å². The largest absolute Gasteiger partial charge is 0.477 e. The van der Waals surface area contributed by atoms with Gasteiger partial charge in [0, 0.05) is 6.07 Å². The topological polar surface area (TPSA) is 76.2 Å². The summed E-state index contributed by atoms with van der Waals surface area (Å²) in [6.07, 6.45) is 0.971. The second-order valence-corrected chi connectivity index (χ2v) is 1.90. The molecule has 0 aromatic carbocycles. The lowest BCUT2D eigenvalue weighted by Crippen LogP contribution is -2.02. The Morgan fingerprint density at radius 1 is 1.73 bits per heavy atom. The maximum absolute atomic E-state index is 12.5. The Kier molecular flexibility index (Phi) is 1.72. The molecule has 1 rings (SSSR count). The summed E-state index contributed by atoms with van der Waals surface area (Å²) in [7, 11) is 0. The summed E-state index contributed by atoms with van der Waals surface area (Å²) in [5.74, 6) is -2.04. The second-order valence-electron chi connectivity index (χ2n) is 1.90. The zero-order valence-electron chi connectivity index (χ0n) is 5.41. The summed E-state index contributed by atoms with van der Waals surface area (Å²) >= 11 is 0. The van der Waals surface area contributed by atoms with E-state index in [-0.39, 0.29) is 11.4 Å². The second kappa shape index (κ2) is 2.53. The highest BCUT2D eigenvalue weighted by atomic mass is 19.1. The highest BCUT2D eigenvalue weighted by Gasteiger charge is 2.06. The van der Waals surface area contributed by atoms with Crippen LogP contribution in [0.2, 0.25) is 0 Å². The van der Waals surface area contributed by atoms with E-state index in [1.807, 2.05) is 0 Å². The van der Waals surface area contributed by atoms with Gasteiger partial charge in [-0.3, -0.25) is 0 Å². The predicted octanol–water partition coefficient (Wildman–Crippen LogP) is 0.501. The third-order valence-corrected chi connectivity index (χ3v) is 1.10. The number of halogens is 1. The number of carboxylic acids is 1. The minimum atomic E-state index is -1.27. The van der Waals surface area contributed by atoms with Gasteiger partial charge >= 0.3 is 5.97 Å². The molecule has 0 bridgehead atoms. The highest BCUT2D eigenvalue weighted by Crippen LogP contribution is 2.08. The van der Waals surface area contributed by atoms with E-state index in [0.29, 0.717) is 0 Å². The van der Waals surface area contributed by atoms with Crippen molar-refractivity contribution >= 4 is 11.7 Å². The normalized spacial score (nSPS) is 9.55. The first-order chi connectivity index (χ1) is 5.11. The van der Waals surface area contributed by atoms with Crippen molar-refractivity contribution in [2.24, 2.45) is 0 Å². The van der Waals surface area contributed by atoms with Gasteiger partial charge in [-0.15, -0.1) is 0 Å². The molecule has 0 aliphatic heterocycles. The van der Waals surface area contributed by atoms with Gasteiger partial charge in [0.1, 0.15) is 5.82 Å². The van der Waals surface area contributed by atoms with Gasteiger partial charge in [-0.05, 0) is 0 Å².